The highest BCUT2D eigenvalue weighted by atomic mass is 16.5. The Morgan fingerprint density at radius 3 is 2.57 bits per heavy atom. The van der Waals surface area contributed by atoms with Gasteiger partial charge in [-0.05, 0) is 46.5 Å². The maximum atomic E-state index is 13.2. The molecule has 0 bridgehead atoms. The average molecular weight is 468 g/mol. The quantitative estimate of drug-likeness (QED) is 0.435. The van der Waals surface area contributed by atoms with Crippen LogP contribution in [0.5, 0.6) is 5.75 Å². The minimum Gasteiger partial charge on any atom is -0.497 e. The second-order valence-electron chi connectivity index (χ2n) is 8.65. The van der Waals surface area contributed by atoms with Gasteiger partial charge in [0, 0.05) is 17.5 Å². The Balaban J connectivity index is 1.33. The van der Waals surface area contributed by atoms with Crippen molar-refractivity contribution in [2.75, 3.05) is 13.7 Å². The van der Waals surface area contributed by atoms with E-state index in [1.165, 1.54) is 0 Å². The van der Waals surface area contributed by atoms with Crippen molar-refractivity contribution in [2.45, 2.75) is 12.1 Å². The number of imide groups is 1. The maximum Gasteiger partial charge on any atom is 0.322 e. The number of nitrogens with zero attached hydrogens (tertiary/aromatic N) is 2. The Morgan fingerprint density at radius 1 is 1.03 bits per heavy atom. The van der Waals surface area contributed by atoms with E-state index in [0.29, 0.717) is 29.0 Å². The molecule has 3 aromatic carbocycles. The molecule has 3 heterocycles. The second-order valence-corrected chi connectivity index (χ2v) is 8.65. The monoisotopic (exact) mass is 468 g/mol. The average Bonchev–Trinajstić information content (AvgIpc) is 3.55. The molecule has 4 amide bonds. The second kappa shape index (κ2) is 7.69. The molecular formula is C26H20N4O5. The number of hydrogen-bond acceptors (Lipinski definition) is 6. The van der Waals surface area contributed by atoms with Crippen molar-refractivity contribution in [3.63, 3.8) is 0 Å². The number of aromatic nitrogens is 1. The van der Waals surface area contributed by atoms with Gasteiger partial charge < -0.3 is 19.5 Å². The number of hydrogen-bond donors (Lipinski definition) is 2. The van der Waals surface area contributed by atoms with E-state index >= 15 is 0 Å². The van der Waals surface area contributed by atoms with Crippen LogP contribution in [0.1, 0.15) is 21.5 Å². The van der Waals surface area contributed by atoms with Gasteiger partial charge in [-0.3, -0.25) is 14.9 Å². The molecule has 2 N–H and O–H groups in total. The Bertz CT molecular complexity index is 1510. The predicted octanol–water partition coefficient (Wildman–Crippen LogP) is 3.19. The first-order chi connectivity index (χ1) is 17.0. The van der Waals surface area contributed by atoms with Crippen molar-refractivity contribution in [1.82, 2.24) is 20.7 Å². The van der Waals surface area contributed by atoms with Crippen LogP contribution >= 0.6 is 0 Å². The van der Waals surface area contributed by atoms with E-state index in [1.54, 1.807) is 42.5 Å². The Morgan fingerprint density at radius 2 is 1.83 bits per heavy atom. The van der Waals surface area contributed by atoms with Gasteiger partial charge in [0.25, 0.3) is 11.8 Å². The number of fused-ring (bicyclic) bond motifs is 2. The number of nitrogens with one attached hydrogen (secondary N) is 2. The van der Waals surface area contributed by atoms with Crippen LogP contribution < -0.4 is 15.4 Å². The molecular weight excluding hydrogens is 448 g/mol. The van der Waals surface area contributed by atoms with Crippen LogP contribution in [-0.2, 0) is 16.9 Å². The van der Waals surface area contributed by atoms with Crippen LogP contribution in [0.3, 0.4) is 0 Å². The highest BCUT2D eigenvalue weighted by Crippen LogP contribution is 2.34. The van der Waals surface area contributed by atoms with Crippen molar-refractivity contribution in [3.8, 4) is 16.9 Å². The predicted molar refractivity (Wildman–Crippen MR) is 126 cm³/mol. The van der Waals surface area contributed by atoms with Gasteiger partial charge in [-0.2, -0.15) is 0 Å². The molecule has 2 aliphatic rings. The summed E-state index contributed by atoms with van der Waals surface area (Å²) < 4.78 is 10.5. The van der Waals surface area contributed by atoms with Gasteiger partial charge in [0.2, 0.25) is 0 Å². The molecule has 0 unspecified atom stereocenters. The van der Waals surface area contributed by atoms with Gasteiger partial charge >= 0.3 is 6.03 Å². The highest BCUT2D eigenvalue weighted by molar-refractivity contribution is 6.08. The van der Waals surface area contributed by atoms with E-state index in [1.807, 2.05) is 36.4 Å². The fourth-order valence-corrected chi connectivity index (χ4v) is 4.77. The third-order valence-electron chi connectivity index (χ3n) is 6.63. The van der Waals surface area contributed by atoms with Gasteiger partial charge in [-0.25, -0.2) is 4.79 Å². The highest BCUT2D eigenvalue weighted by Gasteiger charge is 2.50. The first kappa shape index (κ1) is 20.9. The summed E-state index contributed by atoms with van der Waals surface area (Å²) in [6.07, 6.45) is 1.65. The van der Waals surface area contributed by atoms with Crippen molar-refractivity contribution in [3.05, 3.63) is 83.6 Å². The molecule has 1 fully saturated rings. The lowest BCUT2D eigenvalue weighted by molar-refractivity contribution is -0.124. The van der Waals surface area contributed by atoms with Gasteiger partial charge in [0.15, 0.2) is 11.1 Å². The maximum absolute atomic E-state index is 13.2. The SMILES string of the molecule is COc1ccc2c(c1)C(=O)N(C[C@@]1(c3ccc(-c4ccc5cnoc5c4)cc3)NC(=O)NC1=O)C2. The number of amides is 4. The molecule has 4 aromatic rings. The fraction of sp³-hybridized carbons (Fsp3) is 0.154. The van der Waals surface area contributed by atoms with Gasteiger partial charge in [0.05, 0.1) is 19.9 Å². The molecule has 1 aromatic heterocycles. The summed E-state index contributed by atoms with van der Waals surface area (Å²) >= 11 is 0. The largest absolute Gasteiger partial charge is 0.497 e. The number of ether oxygens (including phenoxy) is 1. The zero-order valence-electron chi connectivity index (χ0n) is 18.7. The van der Waals surface area contributed by atoms with Gasteiger partial charge in [-0.1, -0.05) is 41.6 Å². The lowest BCUT2D eigenvalue weighted by atomic mass is 9.88. The Labute approximate surface area is 199 Å². The van der Waals surface area contributed by atoms with E-state index in [-0.39, 0.29) is 12.5 Å². The summed E-state index contributed by atoms with van der Waals surface area (Å²) in [6, 6.07) is 17.8. The van der Waals surface area contributed by atoms with E-state index in [9.17, 15) is 14.4 Å². The molecule has 9 heteroatoms. The number of methoxy groups -OCH3 is 1. The summed E-state index contributed by atoms with van der Waals surface area (Å²) in [5.74, 6) is -0.136. The van der Waals surface area contributed by atoms with Crippen molar-refractivity contribution >= 4 is 28.8 Å². The molecule has 9 nitrogen and oxygen atoms in total. The first-order valence-electron chi connectivity index (χ1n) is 11.0. The van der Waals surface area contributed by atoms with Crippen LogP contribution in [0, 0.1) is 0 Å². The van der Waals surface area contributed by atoms with Crippen molar-refractivity contribution in [1.29, 1.82) is 0 Å². The minimum absolute atomic E-state index is 0.0101. The minimum atomic E-state index is -1.41. The summed E-state index contributed by atoms with van der Waals surface area (Å²) in [6.45, 7) is 0.322. The van der Waals surface area contributed by atoms with Gasteiger partial charge in [-0.15, -0.1) is 0 Å². The first-order valence-corrected chi connectivity index (χ1v) is 11.0. The zero-order chi connectivity index (χ0) is 24.2. The molecule has 6 rings (SSSR count). The Kier molecular flexibility index (Phi) is 4.60. The fourth-order valence-electron chi connectivity index (χ4n) is 4.77. The topological polar surface area (TPSA) is 114 Å². The number of urea groups is 1. The van der Waals surface area contributed by atoms with E-state index in [4.69, 9.17) is 9.26 Å². The molecule has 2 aliphatic heterocycles. The van der Waals surface area contributed by atoms with Gasteiger partial charge in [0.1, 0.15) is 5.75 Å². The molecule has 0 radical (unpaired) electrons. The van der Waals surface area contributed by atoms with Crippen LogP contribution in [0.4, 0.5) is 4.79 Å². The molecule has 0 spiro atoms. The molecule has 1 atom stereocenters. The lowest BCUT2D eigenvalue weighted by Crippen LogP contribution is -2.52. The zero-order valence-corrected chi connectivity index (χ0v) is 18.7. The summed E-state index contributed by atoms with van der Waals surface area (Å²) in [5, 5.41) is 9.81. The number of rotatable bonds is 5. The number of benzene rings is 3. The molecule has 174 valence electrons. The smallest absolute Gasteiger partial charge is 0.322 e. The standard InChI is InChI=1S/C26H20N4O5/c1-34-20-9-6-18-13-30(23(31)21(18)11-20)14-26(24(32)28-25(33)29-26)19-7-4-15(5-8-19)16-2-3-17-12-27-35-22(17)10-16/h2-12H,13-14H2,1H3,(H2,28,29,32,33)/t26-/m0/s1. The van der Waals surface area contributed by atoms with Crippen LogP contribution in [0.25, 0.3) is 22.1 Å². The van der Waals surface area contributed by atoms with Crippen molar-refractivity contribution in [2.24, 2.45) is 0 Å². The van der Waals surface area contributed by atoms with Crippen LogP contribution in [-0.4, -0.2) is 41.6 Å². The van der Waals surface area contributed by atoms with Crippen molar-refractivity contribution < 1.29 is 23.6 Å². The van der Waals surface area contributed by atoms with Crippen LogP contribution in [0.15, 0.2) is 71.4 Å². The Hall–Kier alpha value is -4.66. The molecule has 35 heavy (non-hydrogen) atoms. The lowest BCUT2D eigenvalue weighted by Gasteiger charge is -2.31. The van der Waals surface area contributed by atoms with E-state index < -0.39 is 17.5 Å². The van der Waals surface area contributed by atoms with E-state index in [0.717, 1.165) is 22.1 Å². The summed E-state index contributed by atoms with van der Waals surface area (Å²) in [5.41, 5.74) is 3.04. The third-order valence-corrected chi connectivity index (χ3v) is 6.63. The molecule has 0 saturated carbocycles. The summed E-state index contributed by atoms with van der Waals surface area (Å²) in [4.78, 5) is 40.0. The molecule has 1 saturated heterocycles. The number of carbonyl (C=O) groups is 3. The normalized spacial score (nSPS) is 19.1. The number of carbonyl (C=O) groups excluding carboxylic acids is 3. The van der Waals surface area contributed by atoms with E-state index in [2.05, 4.69) is 15.8 Å². The third kappa shape index (κ3) is 3.31. The summed E-state index contributed by atoms with van der Waals surface area (Å²) in [7, 11) is 1.54. The molecule has 0 aliphatic carbocycles. The van der Waals surface area contributed by atoms with Crippen LogP contribution in [0.2, 0.25) is 0 Å².